The van der Waals surface area contributed by atoms with Gasteiger partial charge in [0.2, 0.25) is 0 Å². The summed E-state index contributed by atoms with van der Waals surface area (Å²) >= 11 is 0. The van der Waals surface area contributed by atoms with Gasteiger partial charge in [0, 0.05) is 31.2 Å². The highest BCUT2D eigenvalue weighted by Gasteiger charge is 2.32. The van der Waals surface area contributed by atoms with Gasteiger partial charge in [-0.15, -0.1) is 0 Å². The van der Waals surface area contributed by atoms with E-state index in [0.29, 0.717) is 47.3 Å². The molecule has 4 N–H and O–H groups in total. The molecule has 0 saturated carbocycles. The lowest BCUT2D eigenvalue weighted by atomic mass is 9.94. The first kappa shape index (κ1) is 24.3. The van der Waals surface area contributed by atoms with E-state index in [4.69, 9.17) is 23.7 Å². The summed E-state index contributed by atoms with van der Waals surface area (Å²) < 4.78 is 28.0. The number of phenols is 3. The summed E-state index contributed by atoms with van der Waals surface area (Å²) in [6.45, 7) is 0.873. The monoisotopic (exact) mass is 484 g/mol. The highest BCUT2D eigenvalue weighted by Crippen LogP contribution is 2.43. The van der Waals surface area contributed by atoms with Crippen molar-refractivity contribution in [3.05, 3.63) is 65.2 Å². The van der Waals surface area contributed by atoms with E-state index >= 15 is 0 Å². The molecule has 0 fully saturated rings. The van der Waals surface area contributed by atoms with Crippen molar-refractivity contribution in [3.63, 3.8) is 0 Å². The van der Waals surface area contributed by atoms with Crippen LogP contribution in [-0.2, 0) is 17.8 Å². The van der Waals surface area contributed by atoms with Gasteiger partial charge in [0.25, 0.3) is 0 Å². The number of ether oxygens (including phenoxy) is 5. The minimum Gasteiger partial charge on any atom is -0.508 e. The maximum absolute atomic E-state index is 10.8. The summed E-state index contributed by atoms with van der Waals surface area (Å²) in [4.78, 5) is 0. The number of rotatable bonds is 9. The first-order valence-electron chi connectivity index (χ1n) is 11.0. The van der Waals surface area contributed by atoms with Gasteiger partial charge >= 0.3 is 0 Å². The van der Waals surface area contributed by atoms with E-state index in [2.05, 4.69) is 0 Å². The van der Waals surface area contributed by atoms with Crippen LogP contribution < -0.4 is 18.9 Å². The Kier molecular flexibility index (Phi) is 7.38. The van der Waals surface area contributed by atoms with Crippen molar-refractivity contribution in [2.45, 2.75) is 25.2 Å². The number of aromatic hydroxyl groups is 3. The third-order valence-corrected chi connectivity index (χ3v) is 5.67. The molecule has 35 heavy (non-hydrogen) atoms. The number of aliphatic hydroxyl groups is 1. The number of benzene rings is 3. The second-order valence-corrected chi connectivity index (χ2v) is 8.09. The Labute approximate surface area is 202 Å². The summed E-state index contributed by atoms with van der Waals surface area (Å²) in [5.41, 5.74) is 1.83. The largest absolute Gasteiger partial charge is 0.508 e. The molecule has 9 nitrogen and oxygen atoms in total. The Morgan fingerprint density at radius 1 is 0.857 bits per heavy atom. The Morgan fingerprint density at radius 2 is 1.69 bits per heavy atom. The molecule has 0 bridgehead atoms. The van der Waals surface area contributed by atoms with Crippen molar-refractivity contribution in [2.24, 2.45) is 0 Å². The van der Waals surface area contributed by atoms with Crippen LogP contribution >= 0.6 is 0 Å². The predicted molar refractivity (Wildman–Crippen MR) is 126 cm³/mol. The number of methoxy groups -OCH3 is 2. The molecular formula is C26H28O9. The SMILES string of the molecule is COCCOc1ccc(C2Oc3cc(O)cc(O)c3CC2O)cc1OCc1ccc(O)c(OC)c1. The summed E-state index contributed by atoms with van der Waals surface area (Å²) in [5.74, 6) is 1.31. The Hall–Kier alpha value is -3.82. The van der Waals surface area contributed by atoms with Crippen molar-refractivity contribution in [3.8, 4) is 40.2 Å². The quantitative estimate of drug-likeness (QED) is 0.338. The summed E-state index contributed by atoms with van der Waals surface area (Å²) in [6.07, 6.45) is -1.54. The second kappa shape index (κ2) is 10.6. The minimum atomic E-state index is -0.938. The lowest BCUT2D eigenvalue weighted by Gasteiger charge is -2.31. The summed E-state index contributed by atoms with van der Waals surface area (Å²) in [7, 11) is 3.05. The topological polar surface area (TPSA) is 127 Å². The Morgan fingerprint density at radius 3 is 2.46 bits per heavy atom. The van der Waals surface area contributed by atoms with Crippen LogP contribution in [-0.4, -0.2) is 54.0 Å². The zero-order valence-corrected chi connectivity index (χ0v) is 19.4. The van der Waals surface area contributed by atoms with Gasteiger partial charge in [-0.1, -0.05) is 12.1 Å². The highest BCUT2D eigenvalue weighted by atomic mass is 16.5. The average molecular weight is 485 g/mol. The van der Waals surface area contributed by atoms with Gasteiger partial charge < -0.3 is 44.1 Å². The minimum absolute atomic E-state index is 0.0302. The van der Waals surface area contributed by atoms with Gasteiger partial charge in [-0.3, -0.25) is 0 Å². The van der Waals surface area contributed by atoms with Gasteiger partial charge in [-0.25, -0.2) is 0 Å². The number of aliphatic hydroxyl groups excluding tert-OH is 1. The van der Waals surface area contributed by atoms with Crippen LogP contribution in [0.2, 0.25) is 0 Å². The van der Waals surface area contributed by atoms with E-state index in [1.165, 1.54) is 25.3 Å². The predicted octanol–water partition coefficient (Wildman–Crippen LogP) is 3.45. The van der Waals surface area contributed by atoms with Crippen molar-refractivity contribution < 1.29 is 44.1 Å². The van der Waals surface area contributed by atoms with E-state index in [0.717, 1.165) is 5.56 Å². The molecule has 0 spiro atoms. The van der Waals surface area contributed by atoms with E-state index in [-0.39, 0.29) is 30.3 Å². The standard InChI is InChI=1S/C26H28O9/c1-31-7-8-33-22-6-4-16(10-25(22)34-14-15-3-5-19(28)24(9-15)32-2)26-21(30)13-18-20(29)11-17(27)12-23(18)35-26/h3-6,9-12,21,26-30H,7-8,13-14H2,1-2H3. The fourth-order valence-electron chi connectivity index (χ4n) is 3.89. The molecule has 1 heterocycles. The van der Waals surface area contributed by atoms with Crippen LogP contribution in [0.15, 0.2) is 48.5 Å². The highest BCUT2D eigenvalue weighted by molar-refractivity contribution is 5.52. The molecule has 0 saturated heterocycles. The van der Waals surface area contributed by atoms with Gasteiger partial charge in [0.1, 0.15) is 36.6 Å². The maximum atomic E-state index is 10.8. The van der Waals surface area contributed by atoms with E-state index < -0.39 is 12.2 Å². The zero-order valence-electron chi connectivity index (χ0n) is 19.4. The van der Waals surface area contributed by atoms with E-state index in [1.807, 2.05) is 0 Å². The third-order valence-electron chi connectivity index (χ3n) is 5.67. The summed E-state index contributed by atoms with van der Waals surface area (Å²) in [5, 5.41) is 40.5. The Bertz CT molecular complexity index is 1180. The van der Waals surface area contributed by atoms with Crippen molar-refractivity contribution in [2.75, 3.05) is 27.4 Å². The smallest absolute Gasteiger partial charge is 0.162 e. The summed E-state index contributed by atoms with van der Waals surface area (Å²) in [6, 6.07) is 12.8. The maximum Gasteiger partial charge on any atom is 0.162 e. The van der Waals surface area contributed by atoms with Crippen LogP contribution in [0.5, 0.6) is 40.2 Å². The molecule has 2 atom stereocenters. The fraction of sp³-hybridized carbons (Fsp3) is 0.308. The van der Waals surface area contributed by atoms with Gasteiger partial charge in [-0.05, 0) is 35.4 Å². The van der Waals surface area contributed by atoms with Crippen LogP contribution in [0.4, 0.5) is 0 Å². The van der Waals surface area contributed by atoms with Crippen LogP contribution in [0, 0.1) is 0 Å². The van der Waals surface area contributed by atoms with Gasteiger partial charge in [0.15, 0.2) is 23.0 Å². The van der Waals surface area contributed by atoms with Crippen molar-refractivity contribution in [1.29, 1.82) is 0 Å². The molecule has 0 aromatic heterocycles. The molecule has 1 aliphatic rings. The molecule has 186 valence electrons. The third kappa shape index (κ3) is 5.47. The first-order valence-corrected chi connectivity index (χ1v) is 11.0. The molecule has 9 heteroatoms. The van der Waals surface area contributed by atoms with Crippen LogP contribution in [0.25, 0.3) is 0 Å². The molecule has 2 unspecified atom stereocenters. The zero-order chi connectivity index (χ0) is 24.9. The molecule has 1 aliphatic heterocycles. The van der Waals surface area contributed by atoms with Gasteiger partial charge in [0.05, 0.1) is 19.8 Å². The lowest BCUT2D eigenvalue weighted by molar-refractivity contribution is 0.0196. The van der Waals surface area contributed by atoms with Gasteiger partial charge in [-0.2, -0.15) is 0 Å². The molecule has 0 radical (unpaired) electrons. The molecule has 0 aliphatic carbocycles. The van der Waals surface area contributed by atoms with Crippen LogP contribution in [0.3, 0.4) is 0 Å². The number of fused-ring (bicyclic) bond motifs is 1. The molecule has 4 rings (SSSR count). The van der Waals surface area contributed by atoms with E-state index in [1.54, 1.807) is 37.4 Å². The number of phenolic OH excluding ortho intramolecular Hbond substituents is 3. The first-order chi connectivity index (χ1) is 16.9. The molecular weight excluding hydrogens is 456 g/mol. The molecule has 0 amide bonds. The second-order valence-electron chi connectivity index (χ2n) is 8.09. The van der Waals surface area contributed by atoms with E-state index in [9.17, 15) is 20.4 Å². The fourth-order valence-corrected chi connectivity index (χ4v) is 3.89. The van der Waals surface area contributed by atoms with Crippen molar-refractivity contribution >= 4 is 0 Å². The number of hydrogen-bond acceptors (Lipinski definition) is 9. The normalized spacial score (nSPS) is 16.8. The average Bonchev–Trinajstić information content (AvgIpc) is 2.84. The lowest BCUT2D eigenvalue weighted by Crippen LogP contribution is -2.30. The number of hydrogen-bond donors (Lipinski definition) is 4. The molecule has 3 aromatic rings. The molecule has 3 aromatic carbocycles. The van der Waals surface area contributed by atoms with Crippen molar-refractivity contribution in [1.82, 2.24) is 0 Å². The Balaban J connectivity index is 1.60. The van der Waals surface area contributed by atoms with Crippen LogP contribution in [0.1, 0.15) is 22.8 Å².